The standard InChI is InChI=1S/C6H9N3O/c1-7-3-5-2-6(10)9-4-8-5/h2,4,7H,3H2,1H3,(H,8,9,10). The Morgan fingerprint density at radius 1 is 1.80 bits per heavy atom. The van der Waals surface area contributed by atoms with Crippen molar-refractivity contribution in [3.63, 3.8) is 0 Å². The van der Waals surface area contributed by atoms with Gasteiger partial charge in [-0.05, 0) is 7.05 Å². The summed E-state index contributed by atoms with van der Waals surface area (Å²) in [6.45, 7) is 0.629. The summed E-state index contributed by atoms with van der Waals surface area (Å²) < 4.78 is 0. The Hall–Kier alpha value is -1.16. The number of nitrogens with zero attached hydrogens (tertiary/aromatic N) is 1. The van der Waals surface area contributed by atoms with E-state index in [1.807, 2.05) is 7.05 Å². The third kappa shape index (κ3) is 1.66. The minimum atomic E-state index is -0.111. The van der Waals surface area contributed by atoms with E-state index < -0.39 is 0 Å². The van der Waals surface area contributed by atoms with Crippen molar-refractivity contribution in [1.29, 1.82) is 0 Å². The van der Waals surface area contributed by atoms with Gasteiger partial charge in [-0.3, -0.25) is 4.79 Å². The van der Waals surface area contributed by atoms with Crippen molar-refractivity contribution in [2.75, 3.05) is 7.05 Å². The van der Waals surface area contributed by atoms with Crippen LogP contribution in [0.2, 0.25) is 0 Å². The lowest BCUT2D eigenvalue weighted by atomic mass is 10.4. The van der Waals surface area contributed by atoms with Gasteiger partial charge in [-0.15, -0.1) is 0 Å². The molecule has 0 bridgehead atoms. The van der Waals surface area contributed by atoms with Crippen LogP contribution in [0.1, 0.15) is 5.69 Å². The molecule has 1 aromatic heterocycles. The fourth-order valence-electron chi connectivity index (χ4n) is 0.687. The van der Waals surface area contributed by atoms with Crippen molar-refractivity contribution in [2.45, 2.75) is 6.54 Å². The number of rotatable bonds is 2. The van der Waals surface area contributed by atoms with Crippen LogP contribution in [0.5, 0.6) is 0 Å². The van der Waals surface area contributed by atoms with Gasteiger partial charge < -0.3 is 10.3 Å². The topological polar surface area (TPSA) is 57.8 Å². The van der Waals surface area contributed by atoms with Gasteiger partial charge in [0.05, 0.1) is 12.0 Å². The van der Waals surface area contributed by atoms with E-state index in [0.29, 0.717) is 6.54 Å². The molecule has 0 spiro atoms. The van der Waals surface area contributed by atoms with Crippen LogP contribution in [0.15, 0.2) is 17.2 Å². The lowest BCUT2D eigenvalue weighted by molar-refractivity contribution is 0.783. The van der Waals surface area contributed by atoms with Gasteiger partial charge in [0.2, 0.25) is 0 Å². The minimum Gasteiger partial charge on any atom is -0.314 e. The number of hydrogen-bond acceptors (Lipinski definition) is 3. The molecule has 0 saturated heterocycles. The summed E-state index contributed by atoms with van der Waals surface area (Å²) in [5.41, 5.74) is 0.645. The maximum absolute atomic E-state index is 10.6. The second kappa shape index (κ2) is 3.12. The molecule has 1 rings (SSSR count). The Balaban J connectivity index is 2.85. The first-order valence-corrected chi connectivity index (χ1v) is 3.01. The van der Waals surface area contributed by atoms with E-state index in [9.17, 15) is 4.79 Å². The van der Waals surface area contributed by atoms with Gasteiger partial charge in [0.1, 0.15) is 0 Å². The molecular formula is C6H9N3O. The summed E-state index contributed by atoms with van der Waals surface area (Å²) in [5, 5.41) is 2.90. The summed E-state index contributed by atoms with van der Waals surface area (Å²) in [4.78, 5) is 17.0. The van der Waals surface area contributed by atoms with E-state index in [0.717, 1.165) is 5.69 Å². The zero-order chi connectivity index (χ0) is 7.40. The Kier molecular flexibility index (Phi) is 2.17. The van der Waals surface area contributed by atoms with Crippen molar-refractivity contribution in [2.24, 2.45) is 0 Å². The maximum atomic E-state index is 10.6. The first-order chi connectivity index (χ1) is 4.83. The van der Waals surface area contributed by atoms with Crippen LogP contribution in [0, 0.1) is 0 Å². The van der Waals surface area contributed by atoms with Crippen LogP contribution in [-0.4, -0.2) is 17.0 Å². The highest BCUT2D eigenvalue weighted by atomic mass is 16.1. The summed E-state index contributed by atoms with van der Waals surface area (Å²) in [7, 11) is 1.81. The highest BCUT2D eigenvalue weighted by molar-refractivity contribution is 4.97. The second-order valence-corrected chi connectivity index (χ2v) is 1.93. The lowest BCUT2D eigenvalue weighted by Gasteiger charge is -1.94. The Morgan fingerprint density at radius 3 is 3.20 bits per heavy atom. The number of aromatic amines is 1. The van der Waals surface area contributed by atoms with E-state index in [4.69, 9.17) is 0 Å². The maximum Gasteiger partial charge on any atom is 0.250 e. The second-order valence-electron chi connectivity index (χ2n) is 1.93. The molecule has 1 aromatic rings. The van der Waals surface area contributed by atoms with Crippen LogP contribution in [0.4, 0.5) is 0 Å². The normalized spacial score (nSPS) is 9.70. The molecule has 4 nitrogen and oxygen atoms in total. The summed E-state index contributed by atoms with van der Waals surface area (Å²) in [5.74, 6) is 0. The number of H-pyrrole nitrogens is 1. The molecule has 0 aromatic carbocycles. The summed E-state index contributed by atoms with van der Waals surface area (Å²) in [6.07, 6.45) is 1.40. The molecule has 0 aliphatic carbocycles. The lowest BCUT2D eigenvalue weighted by Crippen LogP contribution is -2.12. The van der Waals surface area contributed by atoms with E-state index in [2.05, 4.69) is 15.3 Å². The van der Waals surface area contributed by atoms with Gasteiger partial charge in [-0.2, -0.15) is 0 Å². The van der Waals surface area contributed by atoms with E-state index in [1.165, 1.54) is 12.4 Å². The van der Waals surface area contributed by atoms with Crippen LogP contribution in [-0.2, 0) is 6.54 Å². The molecule has 54 valence electrons. The van der Waals surface area contributed by atoms with Crippen molar-refractivity contribution >= 4 is 0 Å². The highest BCUT2D eigenvalue weighted by Gasteiger charge is 1.90. The van der Waals surface area contributed by atoms with Gasteiger partial charge in [0.15, 0.2) is 0 Å². The van der Waals surface area contributed by atoms with Crippen LogP contribution in [0.25, 0.3) is 0 Å². The SMILES string of the molecule is CNCc1cc(=O)[nH]cn1. The third-order valence-corrected chi connectivity index (χ3v) is 1.09. The number of nitrogens with one attached hydrogen (secondary N) is 2. The van der Waals surface area contributed by atoms with E-state index in [-0.39, 0.29) is 5.56 Å². The molecule has 0 fully saturated rings. The number of hydrogen-bond donors (Lipinski definition) is 2. The number of aromatic nitrogens is 2. The van der Waals surface area contributed by atoms with Gasteiger partial charge >= 0.3 is 0 Å². The summed E-state index contributed by atoms with van der Waals surface area (Å²) >= 11 is 0. The van der Waals surface area contributed by atoms with Crippen molar-refractivity contribution < 1.29 is 0 Å². The molecule has 2 N–H and O–H groups in total. The van der Waals surface area contributed by atoms with Crippen LogP contribution >= 0.6 is 0 Å². The zero-order valence-corrected chi connectivity index (χ0v) is 5.72. The molecule has 10 heavy (non-hydrogen) atoms. The first-order valence-electron chi connectivity index (χ1n) is 3.01. The Bertz CT molecular complexity index is 255. The monoisotopic (exact) mass is 139 g/mol. The molecule has 0 saturated carbocycles. The van der Waals surface area contributed by atoms with Gasteiger partial charge in [-0.25, -0.2) is 4.98 Å². The highest BCUT2D eigenvalue weighted by Crippen LogP contribution is 1.83. The fourth-order valence-corrected chi connectivity index (χ4v) is 0.687. The van der Waals surface area contributed by atoms with Crippen LogP contribution in [0.3, 0.4) is 0 Å². The average molecular weight is 139 g/mol. The van der Waals surface area contributed by atoms with Gasteiger partial charge in [-0.1, -0.05) is 0 Å². The van der Waals surface area contributed by atoms with Crippen molar-refractivity contribution in [3.05, 3.63) is 28.4 Å². The van der Waals surface area contributed by atoms with Crippen molar-refractivity contribution in [3.8, 4) is 0 Å². The molecule has 0 radical (unpaired) electrons. The minimum absolute atomic E-state index is 0.111. The molecule has 0 atom stereocenters. The quantitative estimate of drug-likeness (QED) is 0.580. The predicted molar refractivity (Wildman–Crippen MR) is 37.6 cm³/mol. The molecule has 1 heterocycles. The molecular weight excluding hydrogens is 130 g/mol. The molecule has 0 unspecified atom stereocenters. The van der Waals surface area contributed by atoms with E-state index >= 15 is 0 Å². The Labute approximate surface area is 58.3 Å². The molecule has 0 aliphatic heterocycles. The summed E-state index contributed by atoms with van der Waals surface area (Å²) in [6, 6.07) is 1.47. The van der Waals surface area contributed by atoms with Gasteiger partial charge in [0, 0.05) is 12.6 Å². The predicted octanol–water partition coefficient (Wildman–Crippen LogP) is -0.511. The first kappa shape index (κ1) is 6.95. The van der Waals surface area contributed by atoms with Crippen molar-refractivity contribution in [1.82, 2.24) is 15.3 Å². The Morgan fingerprint density at radius 2 is 2.60 bits per heavy atom. The van der Waals surface area contributed by atoms with Gasteiger partial charge in [0.25, 0.3) is 5.56 Å². The molecule has 0 amide bonds. The third-order valence-electron chi connectivity index (χ3n) is 1.09. The van der Waals surface area contributed by atoms with E-state index in [1.54, 1.807) is 0 Å². The fraction of sp³-hybridized carbons (Fsp3) is 0.333. The molecule has 4 heteroatoms. The average Bonchev–Trinajstić information content (AvgIpc) is 1.88. The zero-order valence-electron chi connectivity index (χ0n) is 5.72. The smallest absolute Gasteiger partial charge is 0.250 e. The van der Waals surface area contributed by atoms with Crippen LogP contribution < -0.4 is 10.9 Å². The molecule has 0 aliphatic rings. The largest absolute Gasteiger partial charge is 0.314 e.